The van der Waals surface area contributed by atoms with Gasteiger partial charge in [-0.3, -0.25) is 0 Å². The van der Waals surface area contributed by atoms with E-state index < -0.39 is 0 Å². The van der Waals surface area contributed by atoms with Crippen LogP contribution >= 0.6 is 0 Å². The summed E-state index contributed by atoms with van der Waals surface area (Å²) >= 11 is 0. The number of hydrogen-bond donors (Lipinski definition) is 1. The fraction of sp³-hybridized carbons (Fsp3) is 1.00. The molecular formula is C15H27N. The SMILES string of the molecule is CCC(CN)CC1C2CC3CC(C2)CC1C3. The summed E-state index contributed by atoms with van der Waals surface area (Å²) in [4.78, 5) is 0. The number of hydrogen-bond acceptors (Lipinski definition) is 1. The third-order valence-electron chi connectivity index (χ3n) is 5.94. The topological polar surface area (TPSA) is 26.0 Å². The third-order valence-corrected chi connectivity index (χ3v) is 5.94. The van der Waals surface area contributed by atoms with Crippen LogP contribution in [0.2, 0.25) is 0 Å². The predicted octanol–water partition coefficient (Wildman–Crippen LogP) is 3.43. The van der Waals surface area contributed by atoms with Crippen molar-refractivity contribution in [3.63, 3.8) is 0 Å². The van der Waals surface area contributed by atoms with Gasteiger partial charge in [0.25, 0.3) is 0 Å². The molecule has 4 rings (SSSR count). The highest BCUT2D eigenvalue weighted by Crippen LogP contribution is 2.57. The molecule has 0 amide bonds. The van der Waals surface area contributed by atoms with Gasteiger partial charge >= 0.3 is 0 Å². The lowest BCUT2D eigenvalue weighted by Crippen LogP contribution is -2.45. The Morgan fingerprint density at radius 3 is 2.00 bits per heavy atom. The van der Waals surface area contributed by atoms with E-state index in [0.717, 1.165) is 42.1 Å². The van der Waals surface area contributed by atoms with Crippen LogP contribution in [0.25, 0.3) is 0 Å². The van der Waals surface area contributed by atoms with E-state index in [1.54, 1.807) is 32.1 Å². The molecule has 16 heavy (non-hydrogen) atoms. The van der Waals surface area contributed by atoms with Crippen molar-refractivity contribution in [2.24, 2.45) is 41.2 Å². The second-order valence-electron chi connectivity index (χ2n) is 6.84. The molecule has 4 aliphatic rings. The molecule has 1 nitrogen and oxygen atoms in total. The zero-order chi connectivity index (χ0) is 11.1. The van der Waals surface area contributed by atoms with Crippen molar-refractivity contribution in [3.05, 3.63) is 0 Å². The smallest absolute Gasteiger partial charge is 0.00489 e. The molecule has 4 bridgehead atoms. The summed E-state index contributed by atoms with van der Waals surface area (Å²) in [6, 6.07) is 0. The molecule has 4 aliphatic carbocycles. The van der Waals surface area contributed by atoms with Crippen LogP contribution in [0.15, 0.2) is 0 Å². The maximum atomic E-state index is 5.89. The van der Waals surface area contributed by atoms with Gasteiger partial charge in [0.2, 0.25) is 0 Å². The Balaban J connectivity index is 1.67. The molecule has 1 atom stereocenters. The summed E-state index contributed by atoms with van der Waals surface area (Å²) in [6.07, 6.45) is 10.6. The van der Waals surface area contributed by atoms with Crippen LogP contribution in [0.3, 0.4) is 0 Å². The lowest BCUT2D eigenvalue weighted by atomic mass is 9.51. The molecule has 0 heterocycles. The van der Waals surface area contributed by atoms with Gasteiger partial charge in [-0.05, 0) is 80.6 Å². The summed E-state index contributed by atoms with van der Waals surface area (Å²) in [5.41, 5.74) is 5.89. The molecule has 1 heteroatoms. The van der Waals surface area contributed by atoms with E-state index in [4.69, 9.17) is 5.73 Å². The van der Waals surface area contributed by atoms with Crippen LogP contribution in [0, 0.1) is 35.5 Å². The molecule has 92 valence electrons. The summed E-state index contributed by atoms with van der Waals surface area (Å²) in [5, 5.41) is 0. The van der Waals surface area contributed by atoms with Gasteiger partial charge in [-0.2, -0.15) is 0 Å². The first-order chi connectivity index (χ1) is 7.80. The van der Waals surface area contributed by atoms with Crippen molar-refractivity contribution in [2.75, 3.05) is 6.54 Å². The van der Waals surface area contributed by atoms with Gasteiger partial charge in [-0.15, -0.1) is 0 Å². The molecule has 0 aromatic rings. The van der Waals surface area contributed by atoms with Crippen LogP contribution in [-0.4, -0.2) is 6.54 Å². The zero-order valence-electron chi connectivity index (χ0n) is 10.7. The first-order valence-electron chi connectivity index (χ1n) is 7.50. The second-order valence-corrected chi connectivity index (χ2v) is 6.84. The lowest BCUT2D eigenvalue weighted by molar-refractivity contribution is -0.0454. The summed E-state index contributed by atoms with van der Waals surface area (Å²) in [7, 11) is 0. The van der Waals surface area contributed by atoms with Crippen molar-refractivity contribution in [1.29, 1.82) is 0 Å². The molecule has 0 spiro atoms. The van der Waals surface area contributed by atoms with E-state index in [1.165, 1.54) is 12.8 Å². The van der Waals surface area contributed by atoms with Crippen molar-refractivity contribution in [3.8, 4) is 0 Å². The Hall–Kier alpha value is -0.0400. The number of rotatable bonds is 4. The van der Waals surface area contributed by atoms with Crippen LogP contribution in [0.4, 0.5) is 0 Å². The lowest BCUT2D eigenvalue weighted by Gasteiger charge is -2.55. The molecule has 0 saturated heterocycles. The van der Waals surface area contributed by atoms with E-state index in [-0.39, 0.29) is 0 Å². The second kappa shape index (κ2) is 4.33. The Morgan fingerprint density at radius 2 is 1.56 bits per heavy atom. The molecule has 2 N–H and O–H groups in total. The van der Waals surface area contributed by atoms with Crippen LogP contribution < -0.4 is 5.73 Å². The summed E-state index contributed by atoms with van der Waals surface area (Å²) in [5.74, 6) is 6.30. The minimum absolute atomic E-state index is 0.808. The van der Waals surface area contributed by atoms with Gasteiger partial charge in [-0.25, -0.2) is 0 Å². The highest BCUT2D eigenvalue weighted by Gasteiger charge is 2.48. The van der Waals surface area contributed by atoms with Gasteiger partial charge < -0.3 is 5.73 Å². The van der Waals surface area contributed by atoms with Crippen molar-refractivity contribution < 1.29 is 0 Å². The quantitative estimate of drug-likeness (QED) is 0.773. The van der Waals surface area contributed by atoms with E-state index in [2.05, 4.69) is 6.92 Å². The van der Waals surface area contributed by atoms with E-state index in [1.807, 2.05) is 0 Å². The Bertz CT molecular complexity index is 216. The van der Waals surface area contributed by atoms with Gasteiger partial charge in [0.15, 0.2) is 0 Å². The molecular weight excluding hydrogens is 194 g/mol. The molecule has 1 unspecified atom stereocenters. The minimum atomic E-state index is 0.808. The first-order valence-corrected chi connectivity index (χ1v) is 7.50. The number of nitrogens with two attached hydrogens (primary N) is 1. The molecule has 0 aliphatic heterocycles. The molecule has 0 aromatic heterocycles. The summed E-state index contributed by atoms with van der Waals surface area (Å²) in [6.45, 7) is 3.23. The Labute approximate surface area is 100 Å². The van der Waals surface area contributed by atoms with Crippen molar-refractivity contribution >= 4 is 0 Å². The van der Waals surface area contributed by atoms with Crippen LogP contribution in [-0.2, 0) is 0 Å². The van der Waals surface area contributed by atoms with Gasteiger partial charge in [-0.1, -0.05) is 13.3 Å². The average molecular weight is 221 g/mol. The molecule has 4 saturated carbocycles. The minimum Gasteiger partial charge on any atom is -0.330 e. The van der Waals surface area contributed by atoms with E-state index in [9.17, 15) is 0 Å². The summed E-state index contributed by atoms with van der Waals surface area (Å²) < 4.78 is 0. The highest BCUT2D eigenvalue weighted by atomic mass is 14.6. The van der Waals surface area contributed by atoms with Gasteiger partial charge in [0, 0.05) is 0 Å². The zero-order valence-corrected chi connectivity index (χ0v) is 10.7. The van der Waals surface area contributed by atoms with Gasteiger partial charge in [0.1, 0.15) is 0 Å². The average Bonchev–Trinajstić information content (AvgIpc) is 2.28. The first kappa shape index (κ1) is 11.1. The fourth-order valence-corrected chi connectivity index (χ4v) is 5.24. The predicted molar refractivity (Wildman–Crippen MR) is 68.0 cm³/mol. The molecule has 0 aromatic carbocycles. The van der Waals surface area contributed by atoms with Crippen LogP contribution in [0.1, 0.15) is 51.9 Å². The van der Waals surface area contributed by atoms with Crippen molar-refractivity contribution in [2.45, 2.75) is 51.9 Å². The normalized spacial score (nSPS) is 47.2. The third kappa shape index (κ3) is 1.81. The standard InChI is InChI=1S/C15H27N/c1-2-10(9-16)8-15-13-4-11-3-12(6-13)7-14(15)5-11/h10-15H,2-9,16H2,1H3. The van der Waals surface area contributed by atoms with E-state index in [0.29, 0.717) is 0 Å². The largest absolute Gasteiger partial charge is 0.330 e. The fourth-order valence-electron chi connectivity index (χ4n) is 5.24. The maximum absolute atomic E-state index is 5.89. The molecule has 0 radical (unpaired) electrons. The van der Waals surface area contributed by atoms with Crippen LogP contribution in [0.5, 0.6) is 0 Å². The van der Waals surface area contributed by atoms with Crippen molar-refractivity contribution in [1.82, 2.24) is 0 Å². The monoisotopic (exact) mass is 221 g/mol. The Morgan fingerprint density at radius 1 is 1.00 bits per heavy atom. The maximum Gasteiger partial charge on any atom is -0.00489 e. The van der Waals surface area contributed by atoms with Gasteiger partial charge in [0.05, 0.1) is 0 Å². The van der Waals surface area contributed by atoms with E-state index >= 15 is 0 Å². The highest BCUT2D eigenvalue weighted by molar-refractivity contribution is 4.98. The molecule has 4 fully saturated rings. The Kier molecular flexibility index (Phi) is 2.99.